The molecule has 0 unspecified atom stereocenters. The number of fused-ring (bicyclic) bond motifs is 1. The van der Waals surface area contributed by atoms with Gasteiger partial charge in [0.15, 0.2) is 5.65 Å². The van der Waals surface area contributed by atoms with Gasteiger partial charge in [-0.05, 0) is 43.4 Å². The first-order chi connectivity index (χ1) is 13.6. The number of aryl methyl sites for hydroxylation is 2. The minimum atomic E-state index is -0.302. The molecule has 0 spiro atoms. The zero-order valence-corrected chi connectivity index (χ0v) is 15.9. The van der Waals surface area contributed by atoms with Crippen LogP contribution in [0.15, 0.2) is 35.1 Å². The van der Waals surface area contributed by atoms with Gasteiger partial charge in [0.25, 0.3) is 5.56 Å². The second-order valence-corrected chi connectivity index (χ2v) is 7.16. The molecule has 0 atom stereocenters. The molecule has 1 amide bonds. The van der Waals surface area contributed by atoms with Gasteiger partial charge in [-0.1, -0.05) is 19.1 Å². The first-order valence-electron chi connectivity index (χ1n) is 9.74. The second kappa shape index (κ2) is 7.58. The van der Waals surface area contributed by atoms with Crippen LogP contribution in [0.4, 0.5) is 4.39 Å². The molecule has 1 fully saturated rings. The van der Waals surface area contributed by atoms with Crippen LogP contribution in [0.5, 0.6) is 0 Å². The highest BCUT2D eigenvalue weighted by Crippen LogP contribution is 2.27. The highest BCUT2D eigenvalue weighted by molar-refractivity contribution is 5.80. The predicted octanol–water partition coefficient (Wildman–Crippen LogP) is 2.95. The number of aromatic amines is 1. The van der Waals surface area contributed by atoms with Crippen molar-refractivity contribution in [3.63, 3.8) is 0 Å². The van der Waals surface area contributed by atoms with Crippen LogP contribution in [-0.2, 0) is 17.6 Å². The molecule has 0 aliphatic carbocycles. The molecule has 146 valence electrons. The molecule has 1 N–H and O–H groups in total. The molecule has 0 radical (unpaired) electrons. The van der Waals surface area contributed by atoms with Gasteiger partial charge >= 0.3 is 0 Å². The summed E-state index contributed by atoms with van der Waals surface area (Å²) in [5.74, 6) is -0.0933. The number of nitrogens with zero attached hydrogens (tertiary/aromatic N) is 3. The highest BCUT2D eigenvalue weighted by atomic mass is 19.1. The molecule has 28 heavy (non-hydrogen) atoms. The third-order valence-corrected chi connectivity index (χ3v) is 5.26. The van der Waals surface area contributed by atoms with Gasteiger partial charge in [-0.15, -0.1) is 0 Å². The van der Waals surface area contributed by atoms with Crippen molar-refractivity contribution < 1.29 is 9.18 Å². The van der Waals surface area contributed by atoms with Crippen molar-refractivity contribution in [1.82, 2.24) is 19.5 Å². The SMILES string of the molecule is CCc1[nH]n2c(=O)cc(CCCN3CCCC3=O)nc2c1-c1ccc(F)cc1. The molecule has 3 aromatic rings. The summed E-state index contributed by atoms with van der Waals surface area (Å²) in [4.78, 5) is 30.9. The molecule has 1 aromatic carbocycles. The van der Waals surface area contributed by atoms with E-state index >= 15 is 0 Å². The Hall–Kier alpha value is -2.96. The number of carbonyl (C=O) groups is 1. The lowest BCUT2D eigenvalue weighted by Crippen LogP contribution is -2.26. The summed E-state index contributed by atoms with van der Waals surface area (Å²) >= 11 is 0. The number of aromatic nitrogens is 3. The molecule has 1 aliphatic rings. The molecule has 4 rings (SSSR count). The van der Waals surface area contributed by atoms with Gasteiger partial charge in [-0.2, -0.15) is 0 Å². The van der Waals surface area contributed by atoms with Crippen molar-refractivity contribution in [2.45, 2.75) is 39.0 Å². The molecule has 1 aliphatic heterocycles. The van der Waals surface area contributed by atoms with E-state index in [0.717, 1.165) is 36.2 Å². The quantitative estimate of drug-likeness (QED) is 0.713. The van der Waals surface area contributed by atoms with Crippen molar-refractivity contribution >= 4 is 11.6 Å². The van der Waals surface area contributed by atoms with Crippen LogP contribution in [0.3, 0.4) is 0 Å². The Morgan fingerprint density at radius 1 is 1.21 bits per heavy atom. The van der Waals surface area contributed by atoms with E-state index in [4.69, 9.17) is 4.98 Å². The predicted molar refractivity (Wildman–Crippen MR) is 105 cm³/mol. The van der Waals surface area contributed by atoms with E-state index in [-0.39, 0.29) is 17.3 Å². The van der Waals surface area contributed by atoms with Crippen molar-refractivity contribution in [3.05, 3.63) is 57.9 Å². The lowest BCUT2D eigenvalue weighted by atomic mass is 10.0. The number of halogens is 1. The Bertz CT molecular complexity index is 1070. The van der Waals surface area contributed by atoms with Crippen molar-refractivity contribution in [2.24, 2.45) is 0 Å². The number of hydrogen-bond donors (Lipinski definition) is 1. The summed E-state index contributed by atoms with van der Waals surface area (Å²) in [6.07, 6.45) is 3.66. The zero-order valence-electron chi connectivity index (χ0n) is 15.9. The van der Waals surface area contributed by atoms with Crippen molar-refractivity contribution in [3.8, 4) is 11.1 Å². The van der Waals surface area contributed by atoms with Crippen LogP contribution >= 0.6 is 0 Å². The largest absolute Gasteiger partial charge is 0.343 e. The number of nitrogens with one attached hydrogen (secondary N) is 1. The average molecular weight is 382 g/mol. The van der Waals surface area contributed by atoms with E-state index in [1.807, 2.05) is 11.8 Å². The van der Waals surface area contributed by atoms with Crippen molar-refractivity contribution in [2.75, 3.05) is 13.1 Å². The lowest BCUT2D eigenvalue weighted by Gasteiger charge is -2.14. The molecule has 1 saturated heterocycles. The standard InChI is InChI=1S/C21H23FN4O2/c1-2-17-20(14-7-9-15(22)10-8-14)21-23-16(13-19(28)26(21)24-17)5-3-11-25-12-4-6-18(25)27/h7-10,13,24H,2-6,11-12H2,1H3. The summed E-state index contributed by atoms with van der Waals surface area (Å²) in [7, 11) is 0. The molecular formula is C21H23FN4O2. The maximum absolute atomic E-state index is 13.3. The van der Waals surface area contributed by atoms with E-state index in [9.17, 15) is 14.0 Å². The van der Waals surface area contributed by atoms with Crippen LogP contribution in [0.2, 0.25) is 0 Å². The molecule has 7 heteroatoms. The van der Waals surface area contributed by atoms with E-state index in [1.165, 1.54) is 16.6 Å². The van der Waals surface area contributed by atoms with E-state index < -0.39 is 0 Å². The van der Waals surface area contributed by atoms with Gasteiger partial charge in [0.2, 0.25) is 5.91 Å². The summed E-state index contributed by atoms with van der Waals surface area (Å²) < 4.78 is 14.8. The Morgan fingerprint density at radius 3 is 2.68 bits per heavy atom. The van der Waals surface area contributed by atoms with Crippen LogP contribution in [0.25, 0.3) is 16.8 Å². The van der Waals surface area contributed by atoms with Gasteiger partial charge in [-0.25, -0.2) is 13.9 Å². The Kier molecular flexibility index (Phi) is 4.98. The summed E-state index contributed by atoms with van der Waals surface area (Å²) in [6, 6.07) is 7.77. The summed E-state index contributed by atoms with van der Waals surface area (Å²) in [5.41, 5.74) is 3.64. The average Bonchev–Trinajstić information content (AvgIpc) is 3.26. The molecule has 0 bridgehead atoms. The van der Waals surface area contributed by atoms with Crippen molar-refractivity contribution in [1.29, 1.82) is 0 Å². The highest BCUT2D eigenvalue weighted by Gasteiger charge is 2.20. The normalized spacial score (nSPS) is 14.4. The number of H-pyrrole nitrogens is 1. The van der Waals surface area contributed by atoms with Crippen LogP contribution < -0.4 is 5.56 Å². The number of amides is 1. The Balaban J connectivity index is 1.66. The van der Waals surface area contributed by atoms with Gasteiger partial charge in [0.1, 0.15) is 5.82 Å². The summed E-state index contributed by atoms with van der Waals surface area (Å²) in [6.45, 7) is 3.51. The zero-order chi connectivity index (χ0) is 19.7. The smallest absolute Gasteiger partial charge is 0.272 e. The molecule has 0 saturated carbocycles. The maximum atomic E-state index is 13.3. The van der Waals surface area contributed by atoms with E-state index in [1.54, 1.807) is 18.2 Å². The fraction of sp³-hybridized carbons (Fsp3) is 0.381. The Labute approximate surface area is 162 Å². The topological polar surface area (TPSA) is 70.5 Å². The van der Waals surface area contributed by atoms with Crippen LogP contribution in [0.1, 0.15) is 37.6 Å². The summed E-state index contributed by atoms with van der Waals surface area (Å²) in [5, 5.41) is 3.12. The number of hydrogen-bond acceptors (Lipinski definition) is 3. The fourth-order valence-electron chi connectivity index (χ4n) is 3.83. The first kappa shape index (κ1) is 18.4. The Morgan fingerprint density at radius 2 is 2.00 bits per heavy atom. The molecule has 6 nitrogen and oxygen atoms in total. The van der Waals surface area contributed by atoms with Gasteiger partial charge in [0, 0.05) is 42.5 Å². The van der Waals surface area contributed by atoms with E-state index in [0.29, 0.717) is 37.1 Å². The lowest BCUT2D eigenvalue weighted by molar-refractivity contribution is -0.127. The van der Waals surface area contributed by atoms with E-state index in [2.05, 4.69) is 5.10 Å². The minimum Gasteiger partial charge on any atom is -0.343 e. The van der Waals surface area contributed by atoms with Gasteiger partial charge < -0.3 is 4.90 Å². The third kappa shape index (κ3) is 3.44. The third-order valence-electron chi connectivity index (χ3n) is 5.26. The van der Waals surface area contributed by atoms with Crippen LogP contribution in [0, 0.1) is 5.82 Å². The minimum absolute atomic E-state index is 0.166. The second-order valence-electron chi connectivity index (χ2n) is 7.16. The molecule has 2 aromatic heterocycles. The monoisotopic (exact) mass is 382 g/mol. The maximum Gasteiger partial charge on any atom is 0.272 e. The van der Waals surface area contributed by atoms with Crippen LogP contribution in [-0.4, -0.2) is 38.5 Å². The number of rotatable bonds is 6. The fourth-order valence-corrected chi connectivity index (χ4v) is 3.83. The number of carbonyl (C=O) groups excluding carboxylic acids is 1. The molecule has 3 heterocycles. The number of likely N-dealkylation sites (tertiary alicyclic amines) is 1. The first-order valence-corrected chi connectivity index (χ1v) is 9.74. The number of benzene rings is 1. The van der Waals surface area contributed by atoms with Gasteiger partial charge in [0.05, 0.1) is 0 Å². The van der Waals surface area contributed by atoms with Gasteiger partial charge in [-0.3, -0.25) is 14.7 Å². The molecular weight excluding hydrogens is 359 g/mol.